The third-order valence-corrected chi connectivity index (χ3v) is 10.9. The van der Waals surface area contributed by atoms with Crippen molar-refractivity contribution < 1.29 is 4.42 Å². The molecular formula is C52H31N5O. The van der Waals surface area contributed by atoms with Gasteiger partial charge in [-0.15, -0.1) is 0 Å². The third kappa shape index (κ3) is 5.61. The molecule has 3 aromatic heterocycles. The molecule has 0 saturated heterocycles. The molecule has 0 aliphatic carbocycles. The maximum absolute atomic E-state index is 9.48. The van der Waals surface area contributed by atoms with E-state index in [9.17, 15) is 5.26 Å². The lowest BCUT2D eigenvalue weighted by atomic mass is 9.99. The monoisotopic (exact) mass is 741 g/mol. The summed E-state index contributed by atoms with van der Waals surface area (Å²) in [6.45, 7) is 0. The van der Waals surface area contributed by atoms with E-state index in [1.807, 2.05) is 78.9 Å². The van der Waals surface area contributed by atoms with Crippen molar-refractivity contribution in [2.45, 2.75) is 0 Å². The van der Waals surface area contributed by atoms with E-state index in [1.165, 1.54) is 0 Å². The van der Waals surface area contributed by atoms with Crippen LogP contribution in [0.3, 0.4) is 0 Å². The van der Waals surface area contributed by atoms with Crippen molar-refractivity contribution in [3.8, 4) is 68.2 Å². The van der Waals surface area contributed by atoms with Crippen molar-refractivity contribution >= 4 is 43.7 Å². The number of nitriles is 1. The molecule has 11 aromatic rings. The van der Waals surface area contributed by atoms with E-state index < -0.39 is 0 Å². The summed E-state index contributed by atoms with van der Waals surface area (Å²) >= 11 is 0. The highest BCUT2D eigenvalue weighted by atomic mass is 16.3. The number of fused-ring (bicyclic) bond motifs is 6. The van der Waals surface area contributed by atoms with Crippen LogP contribution in [0.4, 0.5) is 0 Å². The Labute approximate surface area is 333 Å². The zero-order valence-corrected chi connectivity index (χ0v) is 31.0. The molecule has 0 unspecified atom stereocenters. The topological polar surface area (TPSA) is 80.5 Å². The summed E-state index contributed by atoms with van der Waals surface area (Å²) in [5.74, 6) is 1.67. The average Bonchev–Trinajstić information content (AvgIpc) is 3.85. The highest BCUT2D eigenvalue weighted by Crippen LogP contribution is 2.39. The van der Waals surface area contributed by atoms with Crippen LogP contribution in [-0.2, 0) is 0 Å². The standard InChI is InChI=1S/C52H31N5O/c53-32-33-11-9-14-37(29-33)34-21-23-36(24-22-34)50-54-51(38-26-28-46-44(30-38)42-17-7-8-19-45(42)57(46)40-15-5-2-6-16-40)56-52(55-50)39-25-27-43-48(31-39)58-47-20-10-18-41(49(43)47)35-12-3-1-4-13-35/h1-31H. The van der Waals surface area contributed by atoms with Gasteiger partial charge >= 0.3 is 0 Å². The molecule has 0 aliphatic heterocycles. The van der Waals surface area contributed by atoms with Gasteiger partial charge in [0.25, 0.3) is 0 Å². The molecule has 0 aliphatic rings. The summed E-state index contributed by atoms with van der Waals surface area (Å²) < 4.78 is 8.82. The Morgan fingerprint density at radius 3 is 1.83 bits per heavy atom. The van der Waals surface area contributed by atoms with E-state index in [0.717, 1.165) is 88.4 Å². The quantitative estimate of drug-likeness (QED) is 0.169. The van der Waals surface area contributed by atoms with E-state index in [0.29, 0.717) is 23.0 Å². The Hall–Kier alpha value is -8.14. The van der Waals surface area contributed by atoms with Gasteiger partial charge in [-0.3, -0.25) is 0 Å². The number of hydrogen-bond acceptors (Lipinski definition) is 5. The Morgan fingerprint density at radius 2 is 1.03 bits per heavy atom. The summed E-state index contributed by atoms with van der Waals surface area (Å²) in [5, 5.41) is 13.9. The van der Waals surface area contributed by atoms with E-state index in [-0.39, 0.29) is 0 Å². The van der Waals surface area contributed by atoms with Crippen LogP contribution in [0.5, 0.6) is 0 Å². The largest absolute Gasteiger partial charge is 0.456 e. The number of aromatic nitrogens is 4. The van der Waals surface area contributed by atoms with Gasteiger partial charge in [0.05, 0.1) is 22.7 Å². The van der Waals surface area contributed by atoms with Crippen LogP contribution in [-0.4, -0.2) is 19.5 Å². The molecule has 0 fully saturated rings. The second kappa shape index (κ2) is 13.6. The van der Waals surface area contributed by atoms with Gasteiger partial charge in [-0.25, -0.2) is 15.0 Å². The molecule has 11 rings (SSSR count). The first kappa shape index (κ1) is 33.2. The summed E-state index contributed by atoms with van der Waals surface area (Å²) in [6, 6.07) is 66.3. The van der Waals surface area contributed by atoms with E-state index in [4.69, 9.17) is 19.4 Å². The van der Waals surface area contributed by atoms with Crippen molar-refractivity contribution in [2.24, 2.45) is 0 Å². The predicted octanol–water partition coefficient (Wildman–Crippen LogP) is 13.1. The van der Waals surface area contributed by atoms with Gasteiger partial charge in [0.1, 0.15) is 11.2 Å². The first-order valence-electron chi connectivity index (χ1n) is 19.2. The number of rotatable bonds is 6. The van der Waals surface area contributed by atoms with Gasteiger partial charge in [-0.2, -0.15) is 5.26 Å². The number of benzene rings is 8. The van der Waals surface area contributed by atoms with Crippen LogP contribution in [0, 0.1) is 11.3 Å². The molecule has 0 saturated carbocycles. The summed E-state index contributed by atoms with van der Waals surface area (Å²) in [4.78, 5) is 15.4. The van der Waals surface area contributed by atoms with Crippen LogP contribution in [0.15, 0.2) is 192 Å². The van der Waals surface area contributed by atoms with Crippen molar-refractivity contribution in [3.05, 3.63) is 194 Å². The van der Waals surface area contributed by atoms with Gasteiger partial charge in [-0.05, 0) is 89.0 Å². The van der Waals surface area contributed by atoms with E-state index in [1.54, 1.807) is 0 Å². The van der Waals surface area contributed by atoms with Crippen LogP contribution >= 0.6 is 0 Å². The van der Waals surface area contributed by atoms with Crippen LogP contribution < -0.4 is 0 Å². The second-order valence-electron chi connectivity index (χ2n) is 14.4. The summed E-state index contributed by atoms with van der Waals surface area (Å²) in [5.41, 5.74) is 12.3. The zero-order chi connectivity index (χ0) is 38.6. The minimum absolute atomic E-state index is 0.545. The van der Waals surface area contributed by atoms with Crippen molar-refractivity contribution in [3.63, 3.8) is 0 Å². The first-order chi connectivity index (χ1) is 28.7. The molecule has 270 valence electrons. The van der Waals surface area contributed by atoms with Crippen LogP contribution in [0.1, 0.15) is 5.56 Å². The number of nitrogens with zero attached hydrogens (tertiary/aromatic N) is 5. The van der Waals surface area contributed by atoms with E-state index in [2.05, 4.69) is 120 Å². The fraction of sp³-hybridized carbons (Fsp3) is 0. The maximum Gasteiger partial charge on any atom is 0.164 e. The Morgan fingerprint density at radius 1 is 0.414 bits per heavy atom. The summed E-state index contributed by atoms with van der Waals surface area (Å²) in [6.07, 6.45) is 0. The molecular weight excluding hydrogens is 711 g/mol. The van der Waals surface area contributed by atoms with Gasteiger partial charge in [0, 0.05) is 43.9 Å². The Bertz CT molecular complexity index is 3400. The molecule has 0 amide bonds. The molecule has 0 atom stereocenters. The zero-order valence-electron chi connectivity index (χ0n) is 31.0. The lowest BCUT2D eigenvalue weighted by Crippen LogP contribution is -2.00. The minimum atomic E-state index is 0.545. The normalized spacial score (nSPS) is 11.4. The number of para-hydroxylation sites is 2. The van der Waals surface area contributed by atoms with Gasteiger partial charge in [0.2, 0.25) is 0 Å². The first-order valence-corrected chi connectivity index (χ1v) is 19.2. The van der Waals surface area contributed by atoms with Crippen molar-refractivity contribution in [1.29, 1.82) is 5.26 Å². The predicted molar refractivity (Wildman–Crippen MR) is 233 cm³/mol. The SMILES string of the molecule is N#Cc1cccc(-c2ccc(-c3nc(-c4ccc5c(c4)oc4cccc(-c6ccccc6)c45)nc(-c4ccc5c(c4)c4ccccc4n5-c4ccccc4)n3)cc2)c1. The molecule has 0 radical (unpaired) electrons. The Balaban J connectivity index is 1.08. The average molecular weight is 742 g/mol. The lowest BCUT2D eigenvalue weighted by molar-refractivity contribution is 0.669. The highest BCUT2D eigenvalue weighted by Gasteiger charge is 2.19. The van der Waals surface area contributed by atoms with Gasteiger partial charge in [-0.1, -0.05) is 121 Å². The molecule has 6 heteroatoms. The summed E-state index contributed by atoms with van der Waals surface area (Å²) in [7, 11) is 0. The molecule has 0 N–H and O–H groups in total. The second-order valence-corrected chi connectivity index (χ2v) is 14.4. The molecule has 6 nitrogen and oxygen atoms in total. The number of hydrogen-bond donors (Lipinski definition) is 0. The molecule has 8 aromatic carbocycles. The smallest absolute Gasteiger partial charge is 0.164 e. The molecule has 58 heavy (non-hydrogen) atoms. The highest BCUT2D eigenvalue weighted by molar-refractivity contribution is 6.13. The van der Waals surface area contributed by atoms with Crippen LogP contribution in [0.2, 0.25) is 0 Å². The fourth-order valence-corrected chi connectivity index (χ4v) is 8.13. The Kier molecular flexibility index (Phi) is 7.76. The van der Waals surface area contributed by atoms with Crippen molar-refractivity contribution in [2.75, 3.05) is 0 Å². The van der Waals surface area contributed by atoms with Crippen molar-refractivity contribution in [1.82, 2.24) is 19.5 Å². The van der Waals surface area contributed by atoms with Gasteiger partial charge < -0.3 is 8.98 Å². The van der Waals surface area contributed by atoms with Gasteiger partial charge in [0.15, 0.2) is 17.5 Å². The molecule has 3 heterocycles. The number of furan rings is 1. The van der Waals surface area contributed by atoms with E-state index >= 15 is 0 Å². The minimum Gasteiger partial charge on any atom is -0.456 e. The lowest BCUT2D eigenvalue weighted by Gasteiger charge is -2.10. The third-order valence-electron chi connectivity index (χ3n) is 10.9. The maximum atomic E-state index is 9.48. The fourth-order valence-electron chi connectivity index (χ4n) is 8.13. The molecule has 0 bridgehead atoms. The molecule has 0 spiro atoms. The van der Waals surface area contributed by atoms with Crippen LogP contribution in [0.25, 0.3) is 106 Å².